The largest absolute Gasteiger partial charge is 0.459 e. The van der Waals surface area contributed by atoms with Crippen LogP contribution in [0, 0.1) is 34.5 Å². The Kier molecular flexibility index (Phi) is 4.93. The van der Waals surface area contributed by atoms with Crippen LogP contribution < -0.4 is 0 Å². The fourth-order valence-electron chi connectivity index (χ4n) is 7.91. The predicted molar refractivity (Wildman–Crippen MR) is 110 cm³/mol. The van der Waals surface area contributed by atoms with E-state index in [0.717, 1.165) is 19.3 Å². The van der Waals surface area contributed by atoms with Gasteiger partial charge >= 0.3 is 5.97 Å². The average molecular weight is 437 g/mol. The monoisotopic (exact) mass is 436 g/mol. The third kappa shape index (κ3) is 2.67. The van der Waals surface area contributed by atoms with Gasteiger partial charge in [-0.2, -0.15) is 0 Å². The Labute approximate surface area is 183 Å². The Bertz CT molecular complexity index is 780. The molecule has 0 aromatic heterocycles. The van der Waals surface area contributed by atoms with Gasteiger partial charge in [0.1, 0.15) is 12.2 Å². The fourth-order valence-corrected chi connectivity index (χ4v) is 7.91. The van der Waals surface area contributed by atoms with Crippen molar-refractivity contribution in [1.82, 2.24) is 0 Å². The number of hydrogen-bond donors (Lipinski definition) is 3. The number of carbonyl (C=O) groups excluding carboxylic acids is 1. The van der Waals surface area contributed by atoms with Crippen LogP contribution >= 0.6 is 0 Å². The molecule has 31 heavy (non-hydrogen) atoms. The van der Waals surface area contributed by atoms with E-state index in [1.54, 1.807) is 0 Å². The van der Waals surface area contributed by atoms with Crippen LogP contribution in [0.4, 0.5) is 0 Å². The SMILES string of the molecule is C=C1C(=O)O[C@H]2C[C@@H]1C[C@H]1[C@@H]2[C@@]23C(OCCCC)O[C@]1(O)[C@@H](O)[C@@H]2C(C)(C)CC[C@@H]3O. The van der Waals surface area contributed by atoms with E-state index < -0.39 is 53.6 Å². The average Bonchev–Trinajstić information content (AvgIpc) is 2.71. The lowest BCUT2D eigenvalue weighted by Gasteiger charge is -2.74. The van der Waals surface area contributed by atoms with Crippen LogP contribution in [0.25, 0.3) is 0 Å². The van der Waals surface area contributed by atoms with Gasteiger partial charge in [-0.25, -0.2) is 4.79 Å². The molecule has 3 N–H and O–H groups in total. The van der Waals surface area contributed by atoms with Gasteiger partial charge < -0.3 is 29.5 Å². The van der Waals surface area contributed by atoms with E-state index in [0.29, 0.717) is 31.4 Å². The van der Waals surface area contributed by atoms with E-state index >= 15 is 0 Å². The number of aliphatic hydroxyl groups excluding tert-OH is 2. The lowest BCUT2D eigenvalue weighted by Crippen LogP contribution is -2.84. The zero-order valence-electron chi connectivity index (χ0n) is 18.8. The van der Waals surface area contributed by atoms with Gasteiger partial charge in [-0.1, -0.05) is 33.8 Å². The number of ether oxygens (including phenoxy) is 3. The molecule has 7 nitrogen and oxygen atoms in total. The van der Waals surface area contributed by atoms with Crippen molar-refractivity contribution in [2.45, 2.75) is 89.7 Å². The maximum absolute atomic E-state index is 12.5. The van der Waals surface area contributed by atoms with Gasteiger partial charge in [0.05, 0.1) is 11.5 Å². The summed E-state index contributed by atoms with van der Waals surface area (Å²) in [5.74, 6) is -3.60. The highest BCUT2D eigenvalue weighted by Gasteiger charge is 2.81. The standard InChI is InChI=1S/C24H36O7/c1-5-6-9-29-21-23-16(25)7-8-22(3,4)18(23)19(26)24(28,31-21)14-10-13-11-15(17(14)23)30-20(27)12(13)2/h13-19,21,25-26,28H,2,5-11H2,1,3-4H3/t13-,14-,15-,16-,17-,18+,19-,21?,23+,24-/m0/s1. The van der Waals surface area contributed by atoms with Crippen molar-refractivity contribution in [3.05, 3.63) is 12.2 Å². The summed E-state index contributed by atoms with van der Waals surface area (Å²) in [5, 5.41) is 35.0. The molecular formula is C24H36O7. The van der Waals surface area contributed by atoms with E-state index in [9.17, 15) is 20.1 Å². The molecule has 6 aliphatic rings. The summed E-state index contributed by atoms with van der Waals surface area (Å²) in [6.45, 7) is 10.6. The van der Waals surface area contributed by atoms with Crippen LogP contribution in [-0.4, -0.2) is 58.3 Å². The highest BCUT2D eigenvalue weighted by atomic mass is 16.8. The Morgan fingerprint density at radius 3 is 2.71 bits per heavy atom. The third-order valence-electron chi connectivity index (χ3n) is 9.24. The lowest BCUT2D eigenvalue weighted by atomic mass is 9.38. The Balaban J connectivity index is 1.67. The maximum Gasteiger partial charge on any atom is 0.333 e. The molecule has 3 saturated heterocycles. The smallest absolute Gasteiger partial charge is 0.333 e. The summed E-state index contributed by atoms with van der Waals surface area (Å²) in [6, 6.07) is 0. The van der Waals surface area contributed by atoms with Crippen molar-refractivity contribution in [3.63, 3.8) is 0 Å². The summed E-state index contributed by atoms with van der Waals surface area (Å²) < 4.78 is 18.3. The molecule has 1 unspecified atom stereocenters. The van der Waals surface area contributed by atoms with Gasteiger partial charge in [0.15, 0.2) is 12.1 Å². The first-order valence-corrected chi connectivity index (χ1v) is 11.9. The summed E-state index contributed by atoms with van der Waals surface area (Å²) in [7, 11) is 0. The van der Waals surface area contributed by atoms with Crippen molar-refractivity contribution in [2.75, 3.05) is 6.61 Å². The Morgan fingerprint density at radius 2 is 2.00 bits per heavy atom. The minimum Gasteiger partial charge on any atom is -0.459 e. The van der Waals surface area contributed by atoms with Gasteiger partial charge in [0.25, 0.3) is 0 Å². The van der Waals surface area contributed by atoms with Crippen LogP contribution in [-0.2, 0) is 19.0 Å². The Morgan fingerprint density at radius 1 is 1.26 bits per heavy atom. The second-order valence-electron chi connectivity index (χ2n) is 11.2. The molecule has 1 spiro atoms. The van der Waals surface area contributed by atoms with Gasteiger partial charge in [0, 0.05) is 29.9 Å². The van der Waals surface area contributed by atoms with E-state index in [2.05, 4.69) is 27.4 Å². The van der Waals surface area contributed by atoms with E-state index in [-0.39, 0.29) is 17.3 Å². The molecule has 6 rings (SSSR count). The number of hydrogen-bond acceptors (Lipinski definition) is 7. The number of carbonyl (C=O) groups is 1. The number of fused-ring (bicyclic) bond motifs is 3. The fraction of sp³-hybridized carbons (Fsp3) is 0.875. The first-order valence-electron chi connectivity index (χ1n) is 11.9. The van der Waals surface area contributed by atoms with Gasteiger partial charge in [0.2, 0.25) is 0 Å². The Hall–Kier alpha value is -0.990. The van der Waals surface area contributed by atoms with Crippen molar-refractivity contribution in [1.29, 1.82) is 0 Å². The summed E-state index contributed by atoms with van der Waals surface area (Å²) in [6.07, 6.45) is 0.865. The zero-order valence-corrected chi connectivity index (χ0v) is 18.8. The van der Waals surface area contributed by atoms with Gasteiger partial charge in [-0.05, 0) is 43.4 Å². The predicted octanol–water partition coefficient (Wildman–Crippen LogP) is 2.13. The molecule has 3 aliphatic carbocycles. The number of esters is 1. The van der Waals surface area contributed by atoms with Crippen molar-refractivity contribution >= 4 is 5.97 Å². The van der Waals surface area contributed by atoms with Crippen LogP contribution in [0.5, 0.6) is 0 Å². The topological polar surface area (TPSA) is 105 Å². The molecule has 174 valence electrons. The second-order valence-corrected chi connectivity index (χ2v) is 11.2. The van der Waals surface area contributed by atoms with Gasteiger partial charge in [-0.15, -0.1) is 0 Å². The van der Waals surface area contributed by atoms with Crippen LogP contribution in [0.1, 0.15) is 59.3 Å². The molecule has 0 aromatic rings. The third-order valence-corrected chi connectivity index (χ3v) is 9.24. The molecule has 0 amide bonds. The molecule has 4 bridgehead atoms. The molecule has 3 saturated carbocycles. The maximum atomic E-state index is 12.5. The molecule has 6 fully saturated rings. The first kappa shape index (κ1) is 21.8. The van der Waals surface area contributed by atoms with Crippen LogP contribution in [0.2, 0.25) is 0 Å². The summed E-state index contributed by atoms with van der Waals surface area (Å²) in [5.41, 5.74) is -0.894. The molecule has 10 atom stereocenters. The lowest BCUT2D eigenvalue weighted by molar-refractivity contribution is -0.498. The van der Waals surface area contributed by atoms with Crippen LogP contribution in [0.15, 0.2) is 12.2 Å². The summed E-state index contributed by atoms with van der Waals surface area (Å²) >= 11 is 0. The molecule has 7 heteroatoms. The molecule has 3 heterocycles. The summed E-state index contributed by atoms with van der Waals surface area (Å²) in [4.78, 5) is 12.5. The number of unbranched alkanes of at least 4 members (excludes halogenated alkanes) is 1. The van der Waals surface area contributed by atoms with E-state index in [1.165, 1.54) is 0 Å². The number of aliphatic hydroxyl groups is 3. The zero-order chi connectivity index (χ0) is 22.3. The highest BCUT2D eigenvalue weighted by Crippen LogP contribution is 2.72. The normalized spacial score (nSPS) is 52.3. The highest BCUT2D eigenvalue weighted by molar-refractivity contribution is 5.89. The first-order chi connectivity index (χ1) is 14.6. The molecule has 3 aliphatic heterocycles. The van der Waals surface area contributed by atoms with Crippen molar-refractivity contribution < 1.29 is 34.3 Å². The molecule has 0 radical (unpaired) electrons. The molecule has 0 aromatic carbocycles. The molecular weight excluding hydrogens is 400 g/mol. The minimum absolute atomic E-state index is 0.116. The second kappa shape index (κ2) is 7.00. The minimum atomic E-state index is -1.82. The van der Waals surface area contributed by atoms with E-state index in [4.69, 9.17) is 14.2 Å². The quantitative estimate of drug-likeness (QED) is 0.352. The number of rotatable bonds is 4. The van der Waals surface area contributed by atoms with Crippen molar-refractivity contribution in [3.8, 4) is 0 Å². The van der Waals surface area contributed by atoms with Crippen molar-refractivity contribution in [2.24, 2.45) is 34.5 Å². The van der Waals surface area contributed by atoms with Crippen LogP contribution in [0.3, 0.4) is 0 Å². The van der Waals surface area contributed by atoms with Gasteiger partial charge in [-0.3, -0.25) is 0 Å². The van der Waals surface area contributed by atoms with E-state index in [1.807, 2.05) is 0 Å².